The molecule has 1 heterocycles. The Labute approximate surface area is 107 Å². The van der Waals surface area contributed by atoms with E-state index in [-0.39, 0.29) is 6.54 Å². The maximum absolute atomic E-state index is 11.6. The fraction of sp³-hybridized carbons (Fsp3) is 0.250. The van der Waals surface area contributed by atoms with E-state index in [1.54, 1.807) is 24.3 Å². The number of amides is 1. The molecule has 0 saturated carbocycles. The Morgan fingerprint density at radius 3 is 2.79 bits per heavy atom. The monoisotopic (exact) mass is 264 g/mol. The number of benzene rings is 1. The lowest BCUT2D eigenvalue weighted by atomic mass is 10.3. The Bertz CT molecular complexity index is 685. The van der Waals surface area contributed by atoms with Gasteiger partial charge in [-0.1, -0.05) is 12.1 Å². The highest BCUT2D eigenvalue weighted by atomic mass is 16.4. The molecular weight excluding hydrogens is 252 g/mol. The van der Waals surface area contributed by atoms with Crippen LogP contribution in [0.15, 0.2) is 33.5 Å². The van der Waals surface area contributed by atoms with Gasteiger partial charge in [-0.05, 0) is 19.1 Å². The largest absolute Gasteiger partial charge is 0.480 e. The number of nitrogens with one attached hydrogen (secondary N) is 1. The van der Waals surface area contributed by atoms with Gasteiger partial charge in [-0.25, -0.2) is 4.79 Å². The summed E-state index contributed by atoms with van der Waals surface area (Å²) < 4.78 is 6.12. The summed E-state index contributed by atoms with van der Waals surface area (Å²) in [6.45, 7) is 1.06. The van der Waals surface area contributed by atoms with Crippen molar-refractivity contribution >= 4 is 23.0 Å². The second-order valence-electron chi connectivity index (χ2n) is 4.05. The third-order valence-electron chi connectivity index (χ3n) is 2.62. The highest BCUT2D eigenvalue weighted by Crippen LogP contribution is 2.11. The molecule has 0 bridgehead atoms. The molecule has 2 N–H and O–H groups in total. The number of hydrogen-bond acceptors (Lipinski definition) is 4. The molecule has 2 aromatic rings. The molecule has 2 rings (SSSR count). The molecule has 0 aliphatic carbocycles. The van der Waals surface area contributed by atoms with Crippen LogP contribution in [0.1, 0.15) is 6.92 Å². The van der Waals surface area contributed by atoms with Crippen LogP contribution in [0.25, 0.3) is 11.1 Å². The van der Waals surface area contributed by atoms with Gasteiger partial charge >= 0.3 is 11.7 Å². The van der Waals surface area contributed by atoms with Gasteiger partial charge in [0.25, 0.3) is 0 Å². The highest BCUT2D eigenvalue weighted by molar-refractivity contribution is 5.84. The molecular formula is C12H12N2O5. The van der Waals surface area contributed by atoms with Crippen LogP contribution in [-0.2, 0) is 16.1 Å². The van der Waals surface area contributed by atoms with Crippen molar-refractivity contribution in [3.63, 3.8) is 0 Å². The number of hydrogen-bond donors (Lipinski definition) is 2. The number of rotatable bonds is 4. The number of carboxylic acids is 1. The zero-order valence-electron chi connectivity index (χ0n) is 10.1. The lowest BCUT2D eigenvalue weighted by molar-refractivity contribution is -0.141. The molecule has 0 fully saturated rings. The molecule has 100 valence electrons. The molecule has 1 aromatic carbocycles. The molecule has 0 radical (unpaired) electrons. The van der Waals surface area contributed by atoms with Crippen molar-refractivity contribution in [1.82, 2.24) is 9.88 Å². The molecule has 0 saturated heterocycles. The van der Waals surface area contributed by atoms with Crippen molar-refractivity contribution in [2.24, 2.45) is 0 Å². The number of aromatic nitrogens is 1. The van der Waals surface area contributed by atoms with Crippen molar-refractivity contribution in [2.75, 3.05) is 0 Å². The lowest BCUT2D eigenvalue weighted by Gasteiger charge is -2.09. The topological polar surface area (TPSA) is 102 Å². The Hall–Kier alpha value is -2.57. The fourth-order valence-corrected chi connectivity index (χ4v) is 1.66. The van der Waals surface area contributed by atoms with Crippen molar-refractivity contribution in [1.29, 1.82) is 0 Å². The minimum atomic E-state index is -1.14. The summed E-state index contributed by atoms with van der Waals surface area (Å²) in [4.78, 5) is 33.9. The number of aliphatic carboxylic acids is 1. The third kappa shape index (κ3) is 2.65. The lowest BCUT2D eigenvalue weighted by Crippen LogP contribution is -2.41. The molecule has 7 nitrogen and oxygen atoms in total. The summed E-state index contributed by atoms with van der Waals surface area (Å²) in [7, 11) is 0. The first-order valence-electron chi connectivity index (χ1n) is 5.59. The van der Waals surface area contributed by atoms with E-state index in [4.69, 9.17) is 9.52 Å². The van der Waals surface area contributed by atoms with Gasteiger partial charge in [-0.2, -0.15) is 0 Å². The fourth-order valence-electron chi connectivity index (χ4n) is 1.66. The van der Waals surface area contributed by atoms with Crippen molar-refractivity contribution in [2.45, 2.75) is 19.5 Å². The minimum absolute atomic E-state index is 0.284. The summed E-state index contributed by atoms with van der Waals surface area (Å²) in [5.74, 6) is -2.36. The molecule has 0 aliphatic rings. The molecule has 1 atom stereocenters. The van der Waals surface area contributed by atoms with Crippen LogP contribution in [0.3, 0.4) is 0 Å². The van der Waals surface area contributed by atoms with Crippen LogP contribution in [0.2, 0.25) is 0 Å². The zero-order chi connectivity index (χ0) is 14.0. The molecule has 0 aliphatic heterocycles. The van der Waals surface area contributed by atoms with Gasteiger partial charge in [-0.3, -0.25) is 14.2 Å². The molecule has 1 unspecified atom stereocenters. The predicted molar refractivity (Wildman–Crippen MR) is 65.7 cm³/mol. The number of carbonyl (C=O) groups is 2. The van der Waals surface area contributed by atoms with Crippen molar-refractivity contribution in [3.8, 4) is 0 Å². The maximum Gasteiger partial charge on any atom is 0.420 e. The van der Waals surface area contributed by atoms with Crippen LogP contribution < -0.4 is 11.1 Å². The average Bonchev–Trinajstić information content (AvgIpc) is 2.66. The minimum Gasteiger partial charge on any atom is -0.480 e. The van der Waals surface area contributed by atoms with Gasteiger partial charge < -0.3 is 14.8 Å². The van der Waals surface area contributed by atoms with Crippen LogP contribution in [0.5, 0.6) is 0 Å². The Kier molecular flexibility index (Phi) is 3.37. The average molecular weight is 264 g/mol. The number of oxazole rings is 1. The first-order chi connectivity index (χ1) is 8.99. The Morgan fingerprint density at radius 2 is 2.11 bits per heavy atom. The highest BCUT2D eigenvalue weighted by Gasteiger charge is 2.16. The van der Waals surface area contributed by atoms with E-state index in [1.807, 2.05) is 0 Å². The van der Waals surface area contributed by atoms with E-state index >= 15 is 0 Å². The van der Waals surface area contributed by atoms with E-state index in [9.17, 15) is 14.4 Å². The van der Waals surface area contributed by atoms with Gasteiger partial charge in [0.1, 0.15) is 12.6 Å². The molecule has 19 heavy (non-hydrogen) atoms. The van der Waals surface area contributed by atoms with E-state index in [2.05, 4.69) is 5.32 Å². The molecule has 0 spiro atoms. The van der Waals surface area contributed by atoms with Gasteiger partial charge in [0, 0.05) is 0 Å². The Morgan fingerprint density at radius 1 is 1.42 bits per heavy atom. The summed E-state index contributed by atoms with van der Waals surface area (Å²) in [6, 6.07) is 5.67. The van der Waals surface area contributed by atoms with Crippen molar-refractivity contribution in [3.05, 3.63) is 34.8 Å². The number of carboxylic acid groups (broad SMARTS) is 1. The quantitative estimate of drug-likeness (QED) is 0.820. The second-order valence-corrected chi connectivity index (χ2v) is 4.05. The number of nitrogens with zero attached hydrogens (tertiary/aromatic N) is 1. The summed E-state index contributed by atoms with van der Waals surface area (Å²) >= 11 is 0. The number of carbonyl (C=O) groups excluding carboxylic acids is 1. The third-order valence-corrected chi connectivity index (χ3v) is 2.62. The smallest absolute Gasteiger partial charge is 0.420 e. The first kappa shape index (κ1) is 12.9. The van der Waals surface area contributed by atoms with Crippen molar-refractivity contribution < 1.29 is 19.1 Å². The van der Waals surface area contributed by atoms with E-state index in [0.717, 1.165) is 4.57 Å². The van der Waals surface area contributed by atoms with Gasteiger partial charge in [-0.15, -0.1) is 0 Å². The van der Waals surface area contributed by atoms with Gasteiger partial charge in [0.05, 0.1) is 5.52 Å². The van der Waals surface area contributed by atoms with Crippen LogP contribution >= 0.6 is 0 Å². The van der Waals surface area contributed by atoms with E-state index < -0.39 is 23.7 Å². The summed E-state index contributed by atoms with van der Waals surface area (Å²) in [5.41, 5.74) is 0.872. The van der Waals surface area contributed by atoms with Gasteiger partial charge in [0.2, 0.25) is 5.91 Å². The number of para-hydroxylation sites is 2. The SMILES string of the molecule is CC(NC(=O)Cn1c(=O)oc2ccccc21)C(=O)O. The summed E-state index contributed by atoms with van der Waals surface area (Å²) in [6.07, 6.45) is 0. The van der Waals surface area contributed by atoms with E-state index in [0.29, 0.717) is 11.1 Å². The van der Waals surface area contributed by atoms with Crippen LogP contribution in [0.4, 0.5) is 0 Å². The standard InChI is InChI=1S/C12H12N2O5/c1-7(11(16)17)13-10(15)6-14-8-4-2-3-5-9(8)19-12(14)18/h2-5,7H,6H2,1H3,(H,13,15)(H,16,17). The second kappa shape index (κ2) is 4.97. The zero-order valence-corrected chi connectivity index (χ0v) is 10.1. The first-order valence-corrected chi connectivity index (χ1v) is 5.59. The Balaban J connectivity index is 2.22. The van der Waals surface area contributed by atoms with Gasteiger partial charge in [0.15, 0.2) is 5.58 Å². The van der Waals surface area contributed by atoms with Crippen LogP contribution in [-0.4, -0.2) is 27.6 Å². The molecule has 7 heteroatoms. The maximum atomic E-state index is 11.6. The molecule has 1 aromatic heterocycles. The van der Waals surface area contributed by atoms with Crippen LogP contribution in [0, 0.1) is 0 Å². The number of fused-ring (bicyclic) bond motifs is 1. The summed E-state index contributed by atoms with van der Waals surface area (Å²) in [5, 5.41) is 11.0. The molecule has 1 amide bonds. The predicted octanol–water partition coefficient (Wildman–Crippen LogP) is 0.184. The normalized spacial score (nSPS) is 12.3. The van der Waals surface area contributed by atoms with E-state index in [1.165, 1.54) is 6.92 Å².